The molecule has 0 radical (unpaired) electrons. The smallest absolute Gasteiger partial charge is 0.242 e. The molecular formula is C21H28N4O6S2. The number of nitrogens with zero attached hydrogens (tertiary/aromatic N) is 2. The van der Waals surface area contributed by atoms with Crippen molar-refractivity contribution in [2.75, 3.05) is 38.8 Å². The zero-order chi connectivity index (χ0) is 24.8. The number of rotatable bonds is 10. The second-order valence-electron chi connectivity index (χ2n) is 7.57. The van der Waals surface area contributed by atoms with Crippen molar-refractivity contribution >= 4 is 43.2 Å². The first kappa shape index (κ1) is 26.5. The van der Waals surface area contributed by atoms with Crippen LogP contribution < -0.4 is 10.6 Å². The number of benzene rings is 2. The van der Waals surface area contributed by atoms with Crippen LogP contribution in [0.4, 0.5) is 11.4 Å². The summed E-state index contributed by atoms with van der Waals surface area (Å²) in [6.45, 7) is 0. The zero-order valence-corrected chi connectivity index (χ0v) is 20.5. The van der Waals surface area contributed by atoms with Crippen LogP contribution in [-0.2, 0) is 29.6 Å². The lowest BCUT2D eigenvalue weighted by atomic mass is 10.2. The quantitative estimate of drug-likeness (QED) is 0.516. The van der Waals surface area contributed by atoms with Gasteiger partial charge in [0.05, 0.1) is 9.79 Å². The predicted molar refractivity (Wildman–Crippen MR) is 126 cm³/mol. The number of carbonyl (C=O) groups is 2. The molecule has 0 bridgehead atoms. The first-order chi connectivity index (χ1) is 15.3. The minimum absolute atomic E-state index is 0.102. The molecule has 0 saturated heterocycles. The maximum Gasteiger partial charge on any atom is 0.242 e. The minimum Gasteiger partial charge on any atom is -0.326 e. The maximum absolute atomic E-state index is 12.1. The normalized spacial score (nSPS) is 12.1. The van der Waals surface area contributed by atoms with Crippen molar-refractivity contribution in [3.8, 4) is 0 Å². The number of amides is 2. The van der Waals surface area contributed by atoms with E-state index in [0.717, 1.165) is 8.61 Å². The summed E-state index contributed by atoms with van der Waals surface area (Å²) in [5, 5.41) is 5.33. The highest BCUT2D eigenvalue weighted by atomic mass is 32.2. The van der Waals surface area contributed by atoms with Crippen molar-refractivity contribution in [1.82, 2.24) is 8.61 Å². The van der Waals surface area contributed by atoms with Gasteiger partial charge in [-0.2, -0.15) is 0 Å². The molecule has 2 amide bonds. The topological polar surface area (TPSA) is 133 Å². The van der Waals surface area contributed by atoms with Crippen LogP contribution in [0.1, 0.15) is 19.3 Å². The van der Waals surface area contributed by atoms with Gasteiger partial charge in [0.25, 0.3) is 0 Å². The second-order valence-corrected chi connectivity index (χ2v) is 11.9. The van der Waals surface area contributed by atoms with Gasteiger partial charge in [-0.3, -0.25) is 9.59 Å². The van der Waals surface area contributed by atoms with E-state index in [1.54, 1.807) is 0 Å². The van der Waals surface area contributed by atoms with E-state index in [2.05, 4.69) is 10.6 Å². The molecule has 12 heteroatoms. The predicted octanol–water partition coefficient (Wildman–Crippen LogP) is 1.93. The van der Waals surface area contributed by atoms with Gasteiger partial charge in [0.15, 0.2) is 0 Å². The van der Waals surface area contributed by atoms with Gasteiger partial charge < -0.3 is 10.6 Å². The van der Waals surface area contributed by atoms with Gasteiger partial charge in [0, 0.05) is 52.4 Å². The van der Waals surface area contributed by atoms with Crippen LogP contribution in [0.5, 0.6) is 0 Å². The standard InChI is InChI=1S/C21H28N4O6S2/c1-24(2)32(28,29)18-12-8-16(9-13-18)22-20(26)6-5-7-21(27)23-17-10-14-19(15-11-17)33(30,31)25(3)4/h8-15H,5-7H2,1-4H3,(H,22,26)(H,23,27). The first-order valence-corrected chi connectivity index (χ1v) is 12.9. The molecule has 0 aromatic heterocycles. The lowest BCUT2D eigenvalue weighted by Gasteiger charge is -2.12. The van der Waals surface area contributed by atoms with E-state index in [0.29, 0.717) is 17.8 Å². The molecule has 0 aliphatic rings. The molecule has 0 aliphatic heterocycles. The molecular weight excluding hydrogens is 468 g/mol. The number of carbonyl (C=O) groups excluding carboxylic acids is 2. The van der Waals surface area contributed by atoms with Crippen molar-refractivity contribution in [2.45, 2.75) is 29.1 Å². The SMILES string of the molecule is CN(C)S(=O)(=O)c1ccc(NC(=O)CCCC(=O)Nc2ccc(S(=O)(=O)N(C)C)cc2)cc1. The van der Waals surface area contributed by atoms with Crippen molar-refractivity contribution in [2.24, 2.45) is 0 Å². The fourth-order valence-corrected chi connectivity index (χ4v) is 4.50. The molecule has 0 spiro atoms. The van der Waals surface area contributed by atoms with E-state index >= 15 is 0 Å². The minimum atomic E-state index is -3.54. The Hall–Kier alpha value is -2.80. The average Bonchev–Trinajstić information content (AvgIpc) is 2.74. The number of anilines is 2. The average molecular weight is 497 g/mol. The largest absolute Gasteiger partial charge is 0.326 e. The van der Waals surface area contributed by atoms with Crippen LogP contribution in [0.15, 0.2) is 58.3 Å². The van der Waals surface area contributed by atoms with Crippen molar-refractivity contribution in [1.29, 1.82) is 0 Å². The summed E-state index contributed by atoms with van der Waals surface area (Å²) in [4.78, 5) is 24.4. The van der Waals surface area contributed by atoms with E-state index in [1.165, 1.54) is 76.7 Å². The van der Waals surface area contributed by atoms with Crippen LogP contribution >= 0.6 is 0 Å². The van der Waals surface area contributed by atoms with Gasteiger partial charge in [-0.05, 0) is 55.0 Å². The summed E-state index contributed by atoms with van der Waals surface area (Å²) >= 11 is 0. The van der Waals surface area contributed by atoms with Crippen LogP contribution in [0.3, 0.4) is 0 Å². The molecule has 2 aromatic rings. The monoisotopic (exact) mass is 496 g/mol. The molecule has 2 N–H and O–H groups in total. The van der Waals surface area contributed by atoms with Crippen LogP contribution in [0, 0.1) is 0 Å². The molecule has 0 fully saturated rings. The van der Waals surface area contributed by atoms with Gasteiger partial charge in [0.2, 0.25) is 31.9 Å². The fourth-order valence-electron chi connectivity index (χ4n) is 2.70. The third-order valence-corrected chi connectivity index (χ3v) is 8.30. The van der Waals surface area contributed by atoms with E-state index in [4.69, 9.17) is 0 Å². The van der Waals surface area contributed by atoms with Crippen LogP contribution in [0.25, 0.3) is 0 Å². The molecule has 0 aliphatic carbocycles. The molecule has 0 heterocycles. The Bertz CT molecular complexity index is 1090. The summed E-state index contributed by atoms with van der Waals surface area (Å²) in [6, 6.07) is 11.6. The van der Waals surface area contributed by atoms with Crippen LogP contribution in [0.2, 0.25) is 0 Å². The summed E-state index contributed by atoms with van der Waals surface area (Å²) in [7, 11) is -1.34. The molecule has 0 saturated carbocycles. The molecule has 0 atom stereocenters. The van der Waals surface area contributed by atoms with Gasteiger partial charge >= 0.3 is 0 Å². The highest BCUT2D eigenvalue weighted by Crippen LogP contribution is 2.18. The second kappa shape index (κ2) is 10.9. The van der Waals surface area contributed by atoms with Crippen LogP contribution in [-0.4, -0.2) is 65.5 Å². The Morgan fingerprint density at radius 2 is 0.939 bits per heavy atom. The third-order valence-electron chi connectivity index (χ3n) is 4.64. The maximum atomic E-state index is 12.1. The highest BCUT2D eigenvalue weighted by Gasteiger charge is 2.18. The van der Waals surface area contributed by atoms with E-state index in [9.17, 15) is 26.4 Å². The molecule has 10 nitrogen and oxygen atoms in total. The molecule has 33 heavy (non-hydrogen) atoms. The summed E-state index contributed by atoms with van der Waals surface area (Å²) in [5.41, 5.74) is 0.907. The Labute approximate surface area is 194 Å². The van der Waals surface area contributed by atoms with Gasteiger partial charge in [0.1, 0.15) is 0 Å². The van der Waals surface area contributed by atoms with Gasteiger partial charge in [-0.1, -0.05) is 0 Å². The number of hydrogen-bond donors (Lipinski definition) is 2. The number of sulfonamides is 2. The van der Waals surface area contributed by atoms with Crippen molar-refractivity contribution < 1.29 is 26.4 Å². The molecule has 2 rings (SSSR count). The Kier molecular flexibility index (Phi) is 8.72. The molecule has 0 unspecified atom stereocenters. The summed E-state index contributed by atoms with van der Waals surface area (Å²) in [5.74, 6) is -0.603. The van der Waals surface area contributed by atoms with E-state index < -0.39 is 20.0 Å². The van der Waals surface area contributed by atoms with Crippen molar-refractivity contribution in [3.63, 3.8) is 0 Å². The molecule has 2 aromatic carbocycles. The highest BCUT2D eigenvalue weighted by molar-refractivity contribution is 7.89. The van der Waals surface area contributed by atoms with Gasteiger partial charge in [-0.15, -0.1) is 0 Å². The zero-order valence-electron chi connectivity index (χ0n) is 18.9. The molecule has 180 valence electrons. The lowest BCUT2D eigenvalue weighted by molar-refractivity contribution is -0.117. The third kappa shape index (κ3) is 7.09. The Morgan fingerprint density at radius 3 is 1.21 bits per heavy atom. The van der Waals surface area contributed by atoms with E-state index in [1.807, 2.05) is 0 Å². The van der Waals surface area contributed by atoms with E-state index in [-0.39, 0.29) is 34.4 Å². The Morgan fingerprint density at radius 1 is 0.636 bits per heavy atom. The first-order valence-electron chi connectivity index (χ1n) is 9.99. The summed E-state index contributed by atoms with van der Waals surface area (Å²) < 4.78 is 50.5. The summed E-state index contributed by atoms with van der Waals surface area (Å²) in [6.07, 6.45) is 0.508. The number of hydrogen-bond acceptors (Lipinski definition) is 6. The lowest BCUT2D eigenvalue weighted by Crippen LogP contribution is -2.22. The van der Waals surface area contributed by atoms with Crippen molar-refractivity contribution in [3.05, 3.63) is 48.5 Å². The Balaban J connectivity index is 1.81. The van der Waals surface area contributed by atoms with Gasteiger partial charge in [-0.25, -0.2) is 25.4 Å². The fraction of sp³-hybridized carbons (Fsp3) is 0.333. The number of nitrogens with one attached hydrogen (secondary N) is 2.